The number of likely N-dealkylation sites (tertiary alicyclic amines) is 1. The number of esters is 1. The Morgan fingerprint density at radius 3 is 2.64 bits per heavy atom. The highest BCUT2D eigenvalue weighted by Crippen LogP contribution is 2.19. The molecule has 1 heterocycles. The fourth-order valence-electron chi connectivity index (χ4n) is 2.87. The summed E-state index contributed by atoms with van der Waals surface area (Å²) in [6.07, 6.45) is 1.16. The Morgan fingerprint density at radius 2 is 2.00 bits per heavy atom. The van der Waals surface area contributed by atoms with Crippen LogP contribution in [0.1, 0.15) is 25.3 Å². The van der Waals surface area contributed by atoms with Crippen LogP contribution in [0, 0.1) is 5.92 Å². The van der Waals surface area contributed by atoms with E-state index in [1.807, 2.05) is 25.1 Å². The van der Waals surface area contributed by atoms with Crippen LogP contribution in [0.25, 0.3) is 0 Å². The smallest absolute Gasteiger partial charge is 0.310 e. The molecule has 5 nitrogen and oxygen atoms in total. The van der Waals surface area contributed by atoms with E-state index in [0.29, 0.717) is 25.9 Å². The summed E-state index contributed by atoms with van der Waals surface area (Å²) in [6.45, 7) is 3.68. The lowest BCUT2D eigenvalue weighted by Crippen LogP contribution is -2.52. The molecule has 0 bridgehead atoms. The highest BCUT2D eigenvalue weighted by atomic mass is 16.5. The van der Waals surface area contributed by atoms with Gasteiger partial charge >= 0.3 is 5.97 Å². The molecule has 1 saturated heterocycles. The van der Waals surface area contributed by atoms with Crippen LogP contribution < -0.4 is 5.32 Å². The van der Waals surface area contributed by atoms with Crippen LogP contribution in [0.15, 0.2) is 30.3 Å². The molecule has 0 saturated carbocycles. The van der Waals surface area contributed by atoms with Crippen LogP contribution in [-0.2, 0) is 20.9 Å². The maximum atomic E-state index is 12.0. The third-order valence-electron chi connectivity index (χ3n) is 4.08. The van der Waals surface area contributed by atoms with Crippen molar-refractivity contribution >= 4 is 11.9 Å². The zero-order valence-corrected chi connectivity index (χ0v) is 13.2. The van der Waals surface area contributed by atoms with Crippen LogP contribution >= 0.6 is 0 Å². The highest BCUT2D eigenvalue weighted by Gasteiger charge is 2.33. The summed E-state index contributed by atoms with van der Waals surface area (Å²) >= 11 is 0. The second-order valence-electron chi connectivity index (χ2n) is 5.67. The number of amides is 1. The number of nitrogens with zero attached hydrogens (tertiary/aromatic N) is 1. The van der Waals surface area contributed by atoms with E-state index in [1.54, 1.807) is 4.90 Å². The number of hydrogen-bond donors (Lipinski definition) is 1. The molecule has 2 unspecified atom stereocenters. The first-order valence-electron chi connectivity index (χ1n) is 7.77. The molecular weight excluding hydrogens is 280 g/mol. The monoisotopic (exact) mass is 304 g/mol. The van der Waals surface area contributed by atoms with Crippen LogP contribution in [0.3, 0.4) is 0 Å². The first-order valence-corrected chi connectivity index (χ1v) is 7.77. The molecular formula is C17H24N2O3. The van der Waals surface area contributed by atoms with Gasteiger partial charge in [0.15, 0.2) is 0 Å². The van der Waals surface area contributed by atoms with Crippen molar-refractivity contribution in [1.82, 2.24) is 10.2 Å². The molecule has 1 aromatic rings. The molecule has 0 aromatic heterocycles. The lowest BCUT2D eigenvalue weighted by Gasteiger charge is -2.37. The molecule has 1 aliphatic rings. The SMILES string of the molecule is CCC(=O)N1CC(NCc2ccccc2)CC(C(=O)OC)C1. The molecule has 120 valence electrons. The van der Waals surface area contributed by atoms with E-state index in [2.05, 4.69) is 17.4 Å². The zero-order chi connectivity index (χ0) is 15.9. The summed E-state index contributed by atoms with van der Waals surface area (Å²) in [6, 6.07) is 10.2. The summed E-state index contributed by atoms with van der Waals surface area (Å²) in [5.74, 6) is -0.400. The first kappa shape index (κ1) is 16.5. The number of ether oxygens (including phenoxy) is 1. The topological polar surface area (TPSA) is 58.6 Å². The third kappa shape index (κ3) is 4.31. The Balaban J connectivity index is 1.99. The standard InChI is InChI=1S/C17H24N2O3/c1-3-16(20)19-11-14(17(21)22-2)9-15(12-19)18-10-13-7-5-4-6-8-13/h4-8,14-15,18H,3,9-12H2,1-2H3. The van der Waals surface area contributed by atoms with Crippen molar-refractivity contribution in [1.29, 1.82) is 0 Å². The fourth-order valence-corrected chi connectivity index (χ4v) is 2.87. The molecule has 2 atom stereocenters. The van der Waals surface area contributed by atoms with Crippen molar-refractivity contribution < 1.29 is 14.3 Å². The number of benzene rings is 1. The van der Waals surface area contributed by atoms with Crippen LogP contribution in [0.4, 0.5) is 0 Å². The summed E-state index contributed by atoms with van der Waals surface area (Å²) < 4.78 is 4.86. The Bertz CT molecular complexity index is 480. The molecule has 1 fully saturated rings. The minimum Gasteiger partial charge on any atom is -0.469 e. The lowest BCUT2D eigenvalue weighted by molar-refractivity contribution is -0.149. The first-order chi connectivity index (χ1) is 10.6. The van der Waals surface area contributed by atoms with E-state index in [4.69, 9.17) is 4.74 Å². The largest absolute Gasteiger partial charge is 0.469 e. The van der Waals surface area contributed by atoms with Crippen molar-refractivity contribution in [2.75, 3.05) is 20.2 Å². The molecule has 0 radical (unpaired) electrons. The van der Waals surface area contributed by atoms with Crippen LogP contribution in [0.2, 0.25) is 0 Å². The van der Waals surface area contributed by atoms with E-state index in [0.717, 1.165) is 6.54 Å². The second-order valence-corrected chi connectivity index (χ2v) is 5.67. The lowest BCUT2D eigenvalue weighted by atomic mass is 9.93. The maximum absolute atomic E-state index is 12.0. The second kappa shape index (κ2) is 7.94. The molecule has 1 amide bonds. The molecule has 1 N–H and O–H groups in total. The van der Waals surface area contributed by atoms with E-state index in [1.165, 1.54) is 12.7 Å². The van der Waals surface area contributed by atoms with E-state index >= 15 is 0 Å². The zero-order valence-electron chi connectivity index (χ0n) is 13.2. The minimum absolute atomic E-state index is 0.0834. The Labute approximate surface area is 131 Å². The van der Waals surface area contributed by atoms with Gasteiger partial charge in [-0.05, 0) is 12.0 Å². The van der Waals surface area contributed by atoms with Crippen molar-refractivity contribution in [2.24, 2.45) is 5.92 Å². The molecule has 22 heavy (non-hydrogen) atoms. The Kier molecular flexibility index (Phi) is 5.95. The average molecular weight is 304 g/mol. The van der Waals surface area contributed by atoms with Crippen molar-refractivity contribution in [2.45, 2.75) is 32.4 Å². The normalized spacial score (nSPS) is 21.5. The molecule has 5 heteroatoms. The van der Waals surface area contributed by atoms with Crippen molar-refractivity contribution in [3.05, 3.63) is 35.9 Å². The van der Waals surface area contributed by atoms with Gasteiger partial charge in [0.25, 0.3) is 0 Å². The predicted octanol–water partition coefficient (Wildman–Crippen LogP) is 1.58. The minimum atomic E-state index is -0.248. The van der Waals surface area contributed by atoms with E-state index in [-0.39, 0.29) is 23.8 Å². The summed E-state index contributed by atoms with van der Waals surface area (Å²) in [7, 11) is 1.40. The summed E-state index contributed by atoms with van der Waals surface area (Å²) in [5, 5.41) is 3.45. The van der Waals surface area contributed by atoms with Crippen LogP contribution in [0.5, 0.6) is 0 Å². The molecule has 1 aromatic carbocycles. The number of nitrogens with one attached hydrogen (secondary N) is 1. The Morgan fingerprint density at radius 1 is 1.27 bits per heavy atom. The van der Waals surface area contributed by atoms with Gasteiger partial charge in [-0.2, -0.15) is 0 Å². The number of carbonyl (C=O) groups is 2. The van der Waals surface area contributed by atoms with Gasteiger partial charge in [0, 0.05) is 32.1 Å². The van der Waals surface area contributed by atoms with Gasteiger partial charge in [-0.3, -0.25) is 9.59 Å². The molecule has 0 spiro atoms. The van der Waals surface area contributed by atoms with E-state index in [9.17, 15) is 9.59 Å². The molecule has 2 rings (SSSR count). The van der Waals surface area contributed by atoms with Crippen LogP contribution in [-0.4, -0.2) is 43.0 Å². The van der Waals surface area contributed by atoms with Gasteiger partial charge in [-0.1, -0.05) is 37.3 Å². The quantitative estimate of drug-likeness (QED) is 0.839. The van der Waals surface area contributed by atoms with Gasteiger partial charge in [0.1, 0.15) is 0 Å². The van der Waals surface area contributed by atoms with E-state index < -0.39 is 0 Å². The van der Waals surface area contributed by atoms with Crippen molar-refractivity contribution in [3.63, 3.8) is 0 Å². The number of hydrogen-bond acceptors (Lipinski definition) is 4. The van der Waals surface area contributed by atoms with Gasteiger partial charge in [0.2, 0.25) is 5.91 Å². The predicted molar refractivity (Wildman–Crippen MR) is 84.1 cm³/mol. The number of methoxy groups -OCH3 is 1. The van der Waals surface area contributed by atoms with Gasteiger partial charge in [-0.25, -0.2) is 0 Å². The maximum Gasteiger partial charge on any atom is 0.310 e. The number of rotatable bonds is 5. The number of piperidine rings is 1. The fraction of sp³-hybridized carbons (Fsp3) is 0.529. The van der Waals surface area contributed by atoms with Gasteiger partial charge < -0.3 is 15.0 Å². The molecule has 1 aliphatic heterocycles. The molecule has 0 aliphatic carbocycles. The number of carbonyl (C=O) groups excluding carboxylic acids is 2. The summed E-state index contributed by atoms with van der Waals surface area (Å²) in [5.41, 5.74) is 1.19. The van der Waals surface area contributed by atoms with Gasteiger partial charge in [0.05, 0.1) is 13.0 Å². The van der Waals surface area contributed by atoms with Gasteiger partial charge in [-0.15, -0.1) is 0 Å². The summed E-state index contributed by atoms with van der Waals surface area (Å²) in [4.78, 5) is 25.6. The third-order valence-corrected chi connectivity index (χ3v) is 4.08. The Hall–Kier alpha value is -1.88. The average Bonchev–Trinajstić information content (AvgIpc) is 2.59. The van der Waals surface area contributed by atoms with Crippen molar-refractivity contribution in [3.8, 4) is 0 Å². The highest BCUT2D eigenvalue weighted by molar-refractivity contribution is 5.78.